The van der Waals surface area contributed by atoms with Crippen LogP contribution in [-0.2, 0) is 5.41 Å². The Balaban J connectivity index is 1.19. The zero-order chi connectivity index (χ0) is 35.5. The van der Waals surface area contributed by atoms with Crippen molar-refractivity contribution < 1.29 is 0 Å². The molecule has 0 atom stereocenters. The number of nitrogens with zero attached hydrogens (tertiary/aromatic N) is 2. The minimum atomic E-state index is -0.117. The molecule has 8 aromatic carbocycles. The van der Waals surface area contributed by atoms with E-state index in [1.165, 1.54) is 66.3 Å². The topological polar surface area (TPSA) is 8.17 Å². The van der Waals surface area contributed by atoms with Gasteiger partial charge in [-0.1, -0.05) is 147 Å². The van der Waals surface area contributed by atoms with Crippen LogP contribution in [0.25, 0.3) is 60.9 Å². The fourth-order valence-corrected chi connectivity index (χ4v) is 8.63. The summed E-state index contributed by atoms with van der Waals surface area (Å²) in [6.45, 7) is 4.73. The first-order chi connectivity index (χ1) is 26.1. The Morgan fingerprint density at radius 2 is 0.981 bits per heavy atom. The first-order valence-corrected chi connectivity index (χ1v) is 18.4. The second-order valence-corrected chi connectivity index (χ2v) is 14.6. The van der Waals surface area contributed by atoms with Crippen LogP contribution in [0, 0.1) is 0 Å². The molecule has 252 valence electrons. The summed E-state index contributed by atoms with van der Waals surface area (Å²) in [5.41, 5.74) is 17.1. The van der Waals surface area contributed by atoms with E-state index in [-0.39, 0.29) is 5.41 Å². The van der Waals surface area contributed by atoms with Gasteiger partial charge in [0.1, 0.15) is 0 Å². The molecular formula is C51H38N2. The molecule has 2 heteroatoms. The van der Waals surface area contributed by atoms with Gasteiger partial charge in [0, 0.05) is 38.9 Å². The molecule has 0 N–H and O–H groups in total. The van der Waals surface area contributed by atoms with Gasteiger partial charge in [-0.2, -0.15) is 0 Å². The molecule has 1 aromatic heterocycles. The van der Waals surface area contributed by atoms with Gasteiger partial charge in [-0.3, -0.25) is 0 Å². The van der Waals surface area contributed by atoms with Crippen molar-refractivity contribution >= 4 is 38.9 Å². The molecular weight excluding hydrogens is 641 g/mol. The molecule has 2 nitrogen and oxygen atoms in total. The normalized spacial score (nSPS) is 12.9. The Bertz CT molecular complexity index is 2780. The van der Waals surface area contributed by atoms with Gasteiger partial charge in [0.05, 0.1) is 11.0 Å². The lowest BCUT2D eigenvalue weighted by atomic mass is 9.82. The number of hydrogen-bond acceptors (Lipinski definition) is 1. The molecule has 0 radical (unpaired) electrons. The van der Waals surface area contributed by atoms with Crippen LogP contribution in [0.3, 0.4) is 0 Å². The average molecular weight is 679 g/mol. The van der Waals surface area contributed by atoms with Crippen molar-refractivity contribution in [3.05, 3.63) is 205 Å². The molecule has 9 aromatic rings. The summed E-state index contributed by atoms with van der Waals surface area (Å²) in [5.74, 6) is 0. The Labute approximate surface area is 310 Å². The highest BCUT2D eigenvalue weighted by molar-refractivity contribution is 6.10. The van der Waals surface area contributed by atoms with E-state index in [2.05, 4.69) is 217 Å². The zero-order valence-corrected chi connectivity index (χ0v) is 29.9. The third-order valence-electron chi connectivity index (χ3n) is 11.2. The maximum Gasteiger partial charge on any atom is 0.0542 e. The van der Waals surface area contributed by atoms with Gasteiger partial charge < -0.3 is 9.47 Å². The Morgan fingerprint density at radius 3 is 1.74 bits per heavy atom. The SMILES string of the molecule is CC1(C)c2ccc(N(c3ccc(-c4ccccc4)cc3)c3ccc4c(c3)c3ccccc3n4-c3ccccc3)cc2-c2c(-c3ccccc3)cccc21. The summed E-state index contributed by atoms with van der Waals surface area (Å²) < 4.78 is 2.38. The van der Waals surface area contributed by atoms with E-state index in [9.17, 15) is 0 Å². The summed E-state index contributed by atoms with van der Waals surface area (Å²) in [6, 6.07) is 70.8. The largest absolute Gasteiger partial charge is 0.310 e. The zero-order valence-electron chi connectivity index (χ0n) is 29.9. The lowest BCUT2D eigenvalue weighted by Crippen LogP contribution is -2.15. The van der Waals surface area contributed by atoms with E-state index in [4.69, 9.17) is 0 Å². The summed E-state index contributed by atoms with van der Waals surface area (Å²) in [5, 5.41) is 2.47. The molecule has 0 amide bonds. The van der Waals surface area contributed by atoms with E-state index in [0.717, 1.165) is 22.7 Å². The lowest BCUT2D eigenvalue weighted by Gasteiger charge is -2.27. The van der Waals surface area contributed by atoms with Crippen molar-refractivity contribution in [2.75, 3.05) is 4.90 Å². The predicted octanol–water partition coefficient (Wildman–Crippen LogP) is 13.9. The second kappa shape index (κ2) is 12.3. The maximum absolute atomic E-state index is 2.43. The average Bonchev–Trinajstić information content (AvgIpc) is 3.67. The highest BCUT2D eigenvalue weighted by Crippen LogP contribution is 2.54. The standard InChI is InChI=1S/C51H38N2/c1-51(2)46-31-29-40(34-45(46)50-42(22-14-23-47(50)51)37-17-8-4-9-18-37)52(39-27-25-36(26-28-39)35-15-6-3-7-16-35)41-30-32-49-44(33-41)43-21-12-13-24-48(43)53(49)38-19-10-5-11-20-38/h3-34H,1-2H3. The van der Waals surface area contributed by atoms with Gasteiger partial charge in [-0.25, -0.2) is 0 Å². The number of anilines is 3. The molecule has 10 rings (SSSR count). The van der Waals surface area contributed by atoms with Gasteiger partial charge >= 0.3 is 0 Å². The third-order valence-corrected chi connectivity index (χ3v) is 11.2. The molecule has 0 bridgehead atoms. The number of hydrogen-bond donors (Lipinski definition) is 0. The smallest absolute Gasteiger partial charge is 0.0542 e. The number of fused-ring (bicyclic) bond motifs is 6. The van der Waals surface area contributed by atoms with E-state index < -0.39 is 0 Å². The monoisotopic (exact) mass is 678 g/mol. The molecule has 0 spiro atoms. The van der Waals surface area contributed by atoms with Crippen LogP contribution < -0.4 is 4.90 Å². The molecule has 0 fully saturated rings. The summed E-state index contributed by atoms with van der Waals surface area (Å²) in [7, 11) is 0. The van der Waals surface area contributed by atoms with Crippen LogP contribution in [-0.4, -0.2) is 4.57 Å². The van der Waals surface area contributed by atoms with Gasteiger partial charge in [0.25, 0.3) is 0 Å². The van der Waals surface area contributed by atoms with Crippen LogP contribution in [0.2, 0.25) is 0 Å². The number of benzene rings is 8. The van der Waals surface area contributed by atoms with Crippen molar-refractivity contribution in [2.24, 2.45) is 0 Å². The van der Waals surface area contributed by atoms with Crippen LogP contribution in [0.15, 0.2) is 194 Å². The van der Waals surface area contributed by atoms with Crippen LogP contribution in [0.4, 0.5) is 17.1 Å². The summed E-state index contributed by atoms with van der Waals surface area (Å²) in [6.07, 6.45) is 0. The number of aromatic nitrogens is 1. The summed E-state index contributed by atoms with van der Waals surface area (Å²) in [4.78, 5) is 2.43. The molecule has 1 aliphatic carbocycles. The van der Waals surface area contributed by atoms with Crippen molar-refractivity contribution in [3.8, 4) is 39.1 Å². The van der Waals surface area contributed by atoms with Gasteiger partial charge in [0.2, 0.25) is 0 Å². The Morgan fingerprint density at radius 1 is 0.396 bits per heavy atom. The predicted molar refractivity (Wildman–Crippen MR) is 224 cm³/mol. The fourth-order valence-electron chi connectivity index (χ4n) is 8.63. The molecule has 53 heavy (non-hydrogen) atoms. The van der Waals surface area contributed by atoms with Crippen LogP contribution in [0.5, 0.6) is 0 Å². The van der Waals surface area contributed by atoms with E-state index in [1.54, 1.807) is 0 Å². The highest BCUT2D eigenvalue weighted by atomic mass is 15.1. The molecule has 0 aliphatic heterocycles. The van der Waals surface area contributed by atoms with Gasteiger partial charge in [-0.15, -0.1) is 0 Å². The molecule has 0 saturated carbocycles. The first-order valence-electron chi connectivity index (χ1n) is 18.4. The first kappa shape index (κ1) is 31.1. The second-order valence-electron chi connectivity index (χ2n) is 14.6. The van der Waals surface area contributed by atoms with E-state index >= 15 is 0 Å². The minimum Gasteiger partial charge on any atom is -0.310 e. The number of para-hydroxylation sites is 2. The van der Waals surface area contributed by atoms with Crippen molar-refractivity contribution in [2.45, 2.75) is 19.3 Å². The minimum absolute atomic E-state index is 0.117. The highest BCUT2D eigenvalue weighted by Gasteiger charge is 2.37. The third kappa shape index (κ3) is 5.02. The van der Waals surface area contributed by atoms with E-state index in [0.29, 0.717) is 0 Å². The Hall–Kier alpha value is -6.64. The van der Waals surface area contributed by atoms with Crippen molar-refractivity contribution in [1.29, 1.82) is 0 Å². The fraction of sp³-hybridized carbons (Fsp3) is 0.0588. The van der Waals surface area contributed by atoms with Crippen LogP contribution >= 0.6 is 0 Å². The molecule has 1 heterocycles. The maximum atomic E-state index is 2.43. The summed E-state index contributed by atoms with van der Waals surface area (Å²) >= 11 is 0. The molecule has 0 saturated heterocycles. The van der Waals surface area contributed by atoms with Crippen molar-refractivity contribution in [3.63, 3.8) is 0 Å². The van der Waals surface area contributed by atoms with Crippen molar-refractivity contribution in [1.82, 2.24) is 4.57 Å². The Kier molecular flexibility index (Phi) is 7.19. The van der Waals surface area contributed by atoms with Gasteiger partial charge in [0.15, 0.2) is 0 Å². The quantitative estimate of drug-likeness (QED) is 0.170. The van der Waals surface area contributed by atoms with E-state index in [1.807, 2.05) is 0 Å². The number of rotatable bonds is 6. The lowest BCUT2D eigenvalue weighted by molar-refractivity contribution is 0.660. The van der Waals surface area contributed by atoms with Gasteiger partial charge in [-0.05, 0) is 105 Å². The van der Waals surface area contributed by atoms with Crippen LogP contribution in [0.1, 0.15) is 25.0 Å². The molecule has 0 unspecified atom stereocenters. The molecule has 1 aliphatic rings.